The first-order valence-electron chi connectivity index (χ1n) is 10.6. The number of rotatable bonds is 7. The standard InChI is InChI=1S/C24H36O2/c1-6-8-9-10-18-15-21(25-13-7-2)23-19-14-17(3)11-12-20(19)24(4,5)26-22(23)16-18/h7,15-17,19-20H,2,6,8-14H2,1,3-5H3. The van der Waals surface area contributed by atoms with Gasteiger partial charge in [0.05, 0.1) is 0 Å². The van der Waals surface area contributed by atoms with Crippen molar-refractivity contribution in [3.8, 4) is 11.5 Å². The molecule has 1 aromatic rings. The Balaban J connectivity index is 2.00. The molecule has 2 aliphatic rings. The number of ether oxygens (including phenoxy) is 2. The first-order chi connectivity index (χ1) is 12.5. The molecule has 144 valence electrons. The van der Waals surface area contributed by atoms with Crippen LogP contribution in [-0.4, -0.2) is 12.2 Å². The lowest BCUT2D eigenvalue weighted by molar-refractivity contribution is -0.0147. The maximum Gasteiger partial charge on any atom is 0.127 e. The van der Waals surface area contributed by atoms with Crippen LogP contribution in [0.5, 0.6) is 11.5 Å². The molecule has 0 bridgehead atoms. The Morgan fingerprint density at radius 1 is 1.27 bits per heavy atom. The summed E-state index contributed by atoms with van der Waals surface area (Å²) in [6.07, 6.45) is 10.5. The monoisotopic (exact) mass is 356 g/mol. The normalized spacial score (nSPS) is 26.4. The second-order valence-corrected chi connectivity index (χ2v) is 8.90. The first kappa shape index (κ1) is 19.3. The van der Waals surface area contributed by atoms with E-state index in [0.717, 1.165) is 23.8 Å². The number of fused-ring (bicyclic) bond motifs is 3. The molecule has 0 N–H and O–H groups in total. The van der Waals surface area contributed by atoms with Crippen LogP contribution in [0.2, 0.25) is 0 Å². The Kier molecular flexibility index (Phi) is 5.99. The summed E-state index contributed by atoms with van der Waals surface area (Å²) < 4.78 is 12.7. The van der Waals surface area contributed by atoms with Gasteiger partial charge in [-0.2, -0.15) is 0 Å². The first-order valence-corrected chi connectivity index (χ1v) is 10.6. The van der Waals surface area contributed by atoms with E-state index in [4.69, 9.17) is 9.47 Å². The van der Waals surface area contributed by atoms with Crippen LogP contribution in [0.3, 0.4) is 0 Å². The average molecular weight is 357 g/mol. The number of aryl methyl sites for hydroxylation is 1. The zero-order valence-corrected chi connectivity index (χ0v) is 17.1. The predicted octanol–water partition coefficient (Wildman–Crippen LogP) is 6.67. The van der Waals surface area contributed by atoms with Crippen LogP contribution in [0.25, 0.3) is 0 Å². The number of benzene rings is 1. The topological polar surface area (TPSA) is 18.5 Å². The van der Waals surface area contributed by atoms with Crippen LogP contribution in [0.1, 0.15) is 83.3 Å². The highest BCUT2D eigenvalue weighted by Crippen LogP contribution is 2.55. The van der Waals surface area contributed by atoms with Crippen LogP contribution in [-0.2, 0) is 6.42 Å². The molecule has 0 amide bonds. The Morgan fingerprint density at radius 3 is 2.81 bits per heavy atom. The van der Waals surface area contributed by atoms with Gasteiger partial charge < -0.3 is 9.47 Å². The van der Waals surface area contributed by atoms with Gasteiger partial charge in [-0.3, -0.25) is 0 Å². The van der Waals surface area contributed by atoms with Crippen molar-refractivity contribution in [2.24, 2.45) is 11.8 Å². The summed E-state index contributed by atoms with van der Waals surface area (Å²) in [6.45, 7) is 13.6. The summed E-state index contributed by atoms with van der Waals surface area (Å²) in [5.41, 5.74) is 2.56. The lowest BCUT2D eigenvalue weighted by Gasteiger charge is -2.49. The third-order valence-corrected chi connectivity index (χ3v) is 6.34. The molecule has 3 atom stereocenters. The highest BCUT2D eigenvalue weighted by atomic mass is 16.5. The largest absolute Gasteiger partial charge is 0.489 e. The van der Waals surface area contributed by atoms with Crippen LogP contribution in [0.4, 0.5) is 0 Å². The summed E-state index contributed by atoms with van der Waals surface area (Å²) in [5.74, 6) is 3.99. The fourth-order valence-corrected chi connectivity index (χ4v) is 4.99. The Hall–Kier alpha value is -1.44. The van der Waals surface area contributed by atoms with Crippen molar-refractivity contribution in [2.45, 2.75) is 84.2 Å². The van der Waals surface area contributed by atoms with Gasteiger partial charge in [-0.1, -0.05) is 45.8 Å². The molecule has 1 fully saturated rings. The summed E-state index contributed by atoms with van der Waals surface area (Å²) in [5, 5.41) is 0. The fraction of sp³-hybridized carbons (Fsp3) is 0.667. The Morgan fingerprint density at radius 2 is 2.08 bits per heavy atom. The maximum absolute atomic E-state index is 6.59. The third-order valence-electron chi connectivity index (χ3n) is 6.34. The number of hydrogen-bond acceptors (Lipinski definition) is 2. The van der Waals surface area contributed by atoms with E-state index in [1.54, 1.807) is 0 Å². The van der Waals surface area contributed by atoms with Crippen LogP contribution in [0.15, 0.2) is 24.8 Å². The minimum Gasteiger partial charge on any atom is -0.489 e. The van der Waals surface area contributed by atoms with Crippen molar-refractivity contribution >= 4 is 0 Å². The zero-order chi connectivity index (χ0) is 18.7. The van der Waals surface area contributed by atoms with Gasteiger partial charge in [0.25, 0.3) is 0 Å². The van der Waals surface area contributed by atoms with Gasteiger partial charge in [0, 0.05) is 11.5 Å². The molecule has 2 heteroatoms. The zero-order valence-electron chi connectivity index (χ0n) is 17.1. The molecular weight excluding hydrogens is 320 g/mol. The lowest BCUT2D eigenvalue weighted by atomic mass is 9.64. The molecule has 1 aliphatic heterocycles. The highest BCUT2D eigenvalue weighted by molar-refractivity contribution is 5.52. The molecule has 1 heterocycles. The molecule has 26 heavy (non-hydrogen) atoms. The second-order valence-electron chi connectivity index (χ2n) is 8.90. The Labute approximate surface area is 160 Å². The molecule has 1 saturated carbocycles. The van der Waals surface area contributed by atoms with E-state index in [0.29, 0.717) is 18.4 Å². The summed E-state index contributed by atoms with van der Waals surface area (Å²) in [4.78, 5) is 0. The van der Waals surface area contributed by atoms with Crippen LogP contribution in [0, 0.1) is 11.8 Å². The SMILES string of the molecule is C=CCOc1cc(CCCCC)cc2c1C1CC(C)CCC1C(C)(C)O2. The van der Waals surface area contributed by atoms with Gasteiger partial charge in [0.15, 0.2) is 0 Å². The molecule has 3 rings (SSSR count). The molecule has 2 nitrogen and oxygen atoms in total. The van der Waals surface area contributed by atoms with E-state index >= 15 is 0 Å². The fourth-order valence-electron chi connectivity index (χ4n) is 4.99. The van der Waals surface area contributed by atoms with Crippen molar-refractivity contribution in [1.82, 2.24) is 0 Å². The molecular formula is C24H36O2. The van der Waals surface area contributed by atoms with E-state index < -0.39 is 0 Å². The maximum atomic E-state index is 6.59. The van der Waals surface area contributed by atoms with Crippen molar-refractivity contribution in [2.75, 3.05) is 6.61 Å². The molecule has 0 radical (unpaired) electrons. The smallest absolute Gasteiger partial charge is 0.127 e. The predicted molar refractivity (Wildman–Crippen MR) is 109 cm³/mol. The van der Waals surface area contributed by atoms with Gasteiger partial charge in [0.2, 0.25) is 0 Å². The highest BCUT2D eigenvalue weighted by Gasteiger charge is 2.47. The van der Waals surface area contributed by atoms with Gasteiger partial charge >= 0.3 is 0 Å². The van der Waals surface area contributed by atoms with Gasteiger partial charge in [-0.05, 0) is 69.1 Å². The second kappa shape index (κ2) is 8.06. The molecule has 0 saturated heterocycles. The number of unbranched alkanes of at least 4 members (excludes halogenated alkanes) is 2. The van der Waals surface area contributed by atoms with E-state index in [2.05, 4.69) is 46.4 Å². The summed E-state index contributed by atoms with van der Waals surface area (Å²) in [7, 11) is 0. The summed E-state index contributed by atoms with van der Waals surface area (Å²) in [6, 6.07) is 4.57. The minimum absolute atomic E-state index is 0.102. The van der Waals surface area contributed by atoms with Gasteiger partial charge in [0.1, 0.15) is 23.7 Å². The molecule has 3 unspecified atom stereocenters. The van der Waals surface area contributed by atoms with Crippen molar-refractivity contribution in [3.63, 3.8) is 0 Å². The quantitative estimate of drug-likeness (QED) is 0.401. The van der Waals surface area contributed by atoms with E-state index in [-0.39, 0.29) is 5.60 Å². The van der Waals surface area contributed by atoms with Gasteiger partial charge in [-0.25, -0.2) is 0 Å². The lowest BCUT2D eigenvalue weighted by Crippen LogP contribution is -2.46. The van der Waals surface area contributed by atoms with Crippen molar-refractivity contribution in [1.29, 1.82) is 0 Å². The van der Waals surface area contributed by atoms with Crippen molar-refractivity contribution in [3.05, 3.63) is 35.9 Å². The van der Waals surface area contributed by atoms with Crippen LogP contribution >= 0.6 is 0 Å². The van der Waals surface area contributed by atoms with Crippen molar-refractivity contribution < 1.29 is 9.47 Å². The molecule has 1 aromatic carbocycles. The van der Waals surface area contributed by atoms with Gasteiger partial charge in [-0.15, -0.1) is 0 Å². The number of hydrogen-bond donors (Lipinski definition) is 0. The molecule has 0 spiro atoms. The molecule has 1 aliphatic carbocycles. The van der Waals surface area contributed by atoms with E-state index in [9.17, 15) is 0 Å². The van der Waals surface area contributed by atoms with Crippen LogP contribution < -0.4 is 9.47 Å². The van der Waals surface area contributed by atoms with E-state index in [1.807, 2.05) is 6.08 Å². The summed E-state index contributed by atoms with van der Waals surface area (Å²) >= 11 is 0. The third kappa shape index (κ3) is 3.94. The van der Waals surface area contributed by atoms with E-state index in [1.165, 1.54) is 49.7 Å². The average Bonchev–Trinajstić information content (AvgIpc) is 2.58. The minimum atomic E-state index is -0.102. The Bertz CT molecular complexity index is 631. The molecule has 0 aromatic heterocycles.